The molecule has 0 aliphatic heterocycles. The van der Waals surface area contributed by atoms with Crippen LogP contribution >= 0.6 is 23.8 Å². The zero-order valence-electron chi connectivity index (χ0n) is 12.0. The number of benzene rings is 1. The number of pyridine rings is 1. The van der Waals surface area contributed by atoms with Crippen molar-refractivity contribution in [3.8, 4) is 11.5 Å². The highest BCUT2D eigenvalue weighted by molar-refractivity contribution is 7.71. The van der Waals surface area contributed by atoms with Crippen molar-refractivity contribution < 1.29 is 4.92 Å². The van der Waals surface area contributed by atoms with Crippen LogP contribution in [0.1, 0.15) is 5.56 Å². The van der Waals surface area contributed by atoms with Gasteiger partial charge in [-0.2, -0.15) is 14.9 Å². The minimum absolute atomic E-state index is 0.0819. The van der Waals surface area contributed by atoms with E-state index in [9.17, 15) is 10.1 Å². The Morgan fingerprint density at radius 1 is 1.38 bits per heavy atom. The standard InChI is InChI=1S/C14H9ClN6O2S/c15-11-5-4-10(21(22)23)7-9(11)8-17-20-13(18-19-14(20)24)12-3-1-2-6-16-12/h1-8H,(H,19,24)/b17-8-. The van der Waals surface area contributed by atoms with E-state index in [1.54, 1.807) is 18.3 Å². The fourth-order valence-corrected chi connectivity index (χ4v) is 2.27. The lowest BCUT2D eigenvalue weighted by Crippen LogP contribution is -1.97. The van der Waals surface area contributed by atoms with E-state index in [-0.39, 0.29) is 10.5 Å². The van der Waals surface area contributed by atoms with Gasteiger partial charge in [0.25, 0.3) is 5.69 Å². The Bertz CT molecular complexity index is 982. The minimum atomic E-state index is -0.503. The van der Waals surface area contributed by atoms with Crippen LogP contribution in [0, 0.1) is 14.9 Å². The maximum atomic E-state index is 10.9. The third-order valence-corrected chi connectivity index (χ3v) is 3.66. The quantitative estimate of drug-likeness (QED) is 0.332. The van der Waals surface area contributed by atoms with Crippen LogP contribution < -0.4 is 0 Å². The Kier molecular flexibility index (Phi) is 4.45. The number of hydrogen-bond acceptors (Lipinski definition) is 6. The molecule has 0 saturated heterocycles. The number of halogens is 1. The fourth-order valence-electron chi connectivity index (χ4n) is 1.92. The van der Waals surface area contributed by atoms with Gasteiger partial charge in [0.1, 0.15) is 5.69 Å². The molecule has 0 saturated carbocycles. The van der Waals surface area contributed by atoms with Crippen molar-refractivity contribution in [3.05, 3.63) is 68.1 Å². The molecule has 0 unspecified atom stereocenters. The van der Waals surface area contributed by atoms with Crippen molar-refractivity contribution >= 4 is 35.7 Å². The van der Waals surface area contributed by atoms with E-state index in [1.165, 1.54) is 29.1 Å². The summed E-state index contributed by atoms with van der Waals surface area (Å²) in [6.45, 7) is 0. The number of nitrogens with zero attached hydrogens (tertiary/aromatic N) is 5. The normalized spacial score (nSPS) is 11.0. The van der Waals surface area contributed by atoms with E-state index in [1.807, 2.05) is 6.07 Å². The van der Waals surface area contributed by atoms with Crippen LogP contribution in [0.25, 0.3) is 11.5 Å². The molecule has 1 N–H and O–H groups in total. The number of aromatic nitrogens is 4. The summed E-state index contributed by atoms with van der Waals surface area (Å²) in [7, 11) is 0. The summed E-state index contributed by atoms with van der Waals surface area (Å²) in [6.07, 6.45) is 3.01. The predicted octanol–water partition coefficient (Wildman–Crippen LogP) is 3.45. The van der Waals surface area contributed by atoms with Crippen LogP contribution in [0.2, 0.25) is 5.02 Å². The second-order valence-corrected chi connectivity index (χ2v) is 5.38. The number of H-pyrrole nitrogens is 1. The lowest BCUT2D eigenvalue weighted by atomic mass is 10.2. The molecule has 120 valence electrons. The molecular formula is C14H9ClN6O2S. The summed E-state index contributed by atoms with van der Waals surface area (Å²) in [5.41, 5.74) is 0.884. The number of rotatable bonds is 4. The molecule has 1 aromatic carbocycles. The molecule has 2 aromatic heterocycles. The molecule has 0 spiro atoms. The number of nitro groups is 1. The Labute approximate surface area is 145 Å². The second kappa shape index (κ2) is 6.69. The molecule has 0 amide bonds. The minimum Gasteiger partial charge on any atom is -0.258 e. The SMILES string of the molecule is O=[N+]([O-])c1ccc(Cl)c(/C=N\n2c(-c3ccccn3)n[nH]c2=S)c1. The van der Waals surface area contributed by atoms with Crippen molar-refractivity contribution in [3.63, 3.8) is 0 Å². The van der Waals surface area contributed by atoms with E-state index in [0.717, 1.165) is 0 Å². The highest BCUT2D eigenvalue weighted by atomic mass is 35.5. The summed E-state index contributed by atoms with van der Waals surface area (Å²) < 4.78 is 1.63. The molecule has 0 fully saturated rings. The summed E-state index contributed by atoms with van der Waals surface area (Å²) in [4.78, 5) is 14.6. The molecule has 0 aliphatic rings. The molecule has 8 nitrogen and oxygen atoms in total. The molecule has 0 radical (unpaired) electrons. The third kappa shape index (κ3) is 3.21. The highest BCUT2D eigenvalue weighted by Gasteiger charge is 2.11. The van der Waals surface area contributed by atoms with Gasteiger partial charge >= 0.3 is 0 Å². The molecular weight excluding hydrogens is 352 g/mol. The maximum absolute atomic E-state index is 10.9. The number of non-ortho nitro benzene ring substituents is 1. The molecule has 0 bridgehead atoms. The third-order valence-electron chi connectivity index (χ3n) is 3.05. The van der Waals surface area contributed by atoms with Gasteiger partial charge in [-0.15, -0.1) is 0 Å². The van der Waals surface area contributed by atoms with E-state index in [4.69, 9.17) is 23.8 Å². The zero-order chi connectivity index (χ0) is 17.1. The van der Waals surface area contributed by atoms with Crippen LogP contribution in [0.4, 0.5) is 5.69 Å². The topological polar surface area (TPSA) is 102 Å². The van der Waals surface area contributed by atoms with Crippen LogP contribution in [0.15, 0.2) is 47.7 Å². The van der Waals surface area contributed by atoms with Gasteiger partial charge in [0.15, 0.2) is 0 Å². The smallest absolute Gasteiger partial charge is 0.258 e. The Hall–Kier alpha value is -2.91. The van der Waals surface area contributed by atoms with Crippen molar-refractivity contribution in [1.29, 1.82) is 0 Å². The largest absolute Gasteiger partial charge is 0.270 e. The first-order valence-electron chi connectivity index (χ1n) is 6.63. The van der Waals surface area contributed by atoms with E-state index < -0.39 is 4.92 Å². The Morgan fingerprint density at radius 2 is 2.21 bits per heavy atom. The van der Waals surface area contributed by atoms with Crippen LogP contribution in [0.3, 0.4) is 0 Å². The van der Waals surface area contributed by atoms with Gasteiger partial charge in [-0.05, 0) is 30.4 Å². The summed E-state index contributed by atoms with van der Waals surface area (Å²) >= 11 is 11.2. The molecule has 2 heterocycles. The van der Waals surface area contributed by atoms with Gasteiger partial charge in [0, 0.05) is 28.9 Å². The Morgan fingerprint density at radius 3 is 2.92 bits per heavy atom. The molecule has 0 aliphatic carbocycles. The van der Waals surface area contributed by atoms with Crippen molar-refractivity contribution in [2.75, 3.05) is 0 Å². The molecule has 0 atom stereocenters. The molecule has 24 heavy (non-hydrogen) atoms. The fraction of sp³-hybridized carbons (Fsp3) is 0. The average molecular weight is 361 g/mol. The second-order valence-electron chi connectivity index (χ2n) is 4.59. The first-order chi connectivity index (χ1) is 11.6. The van der Waals surface area contributed by atoms with Crippen molar-refractivity contribution in [1.82, 2.24) is 19.9 Å². The first-order valence-corrected chi connectivity index (χ1v) is 7.42. The van der Waals surface area contributed by atoms with Gasteiger partial charge in [-0.25, -0.2) is 5.10 Å². The molecule has 3 rings (SSSR count). The molecule has 3 aromatic rings. The lowest BCUT2D eigenvalue weighted by molar-refractivity contribution is -0.384. The number of hydrogen-bond donors (Lipinski definition) is 1. The van der Waals surface area contributed by atoms with Gasteiger partial charge in [-0.1, -0.05) is 17.7 Å². The van der Waals surface area contributed by atoms with Crippen molar-refractivity contribution in [2.45, 2.75) is 0 Å². The van der Waals surface area contributed by atoms with Crippen molar-refractivity contribution in [2.24, 2.45) is 5.10 Å². The van der Waals surface area contributed by atoms with Crippen LogP contribution in [-0.2, 0) is 0 Å². The predicted molar refractivity (Wildman–Crippen MR) is 91.7 cm³/mol. The van der Waals surface area contributed by atoms with Gasteiger partial charge in [0.05, 0.1) is 11.1 Å². The van der Waals surface area contributed by atoms with E-state index >= 15 is 0 Å². The van der Waals surface area contributed by atoms with E-state index in [2.05, 4.69) is 20.3 Å². The van der Waals surface area contributed by atoms with Gasteiger partial charge in [0.2, 0.25) is 10.6 Å². The monoisotopic (exact) mass is 360 g/mol. The number of nitro benzene ring substituents is 1. The first kappa shape index (κ1) is 16.0. The summed E-state index contributed by atoms with van der Waals surface area (Å²) in [5.74, 6) is 0.415. The average Bonchev–Trinajstić information content (AvgIpc) is 2.95. The van der Waals surface area contributed by atoms with Crippen LogP contribution in [-0.4, -0.2) is 31.0 Å². The van der Waals surface area contributed by atoms with Gasteiger partial charge in [-0.3, -0.25) is 15.1 Å². The molecule has 10 heteroatoms. The summed E-state index contributed by atoms with van der Waals surface area (Å²) in [5, 5.41) is 22.1. The van der Waals surface area contributed by atoms with Crippen LogP contribution in [0.5, 0.6) is 0 Å². The number of nitrogens with one attached hydrogen (secondary N) is 1. The maximum Gasteiger partial charge on any atom is 0.270 e. The Balaban J connectivity index is 2.02. The number of aromatic amines is 1. The highest BCUT2D eigenvalue weighted by Crippen LogP contribution is 2.21. The zero-order valence-corrected chi connectivity index (χ0v) is 13.5. The lowest BCUT2D eigenvalue weighted by Gasteiger charge is -2.01. The summed E-state index contributed by atoms with van der Waals surface area (Å²) in [6, 6.07) is 9.44. The van der Waals surface area contributed by atoms with Gasteiger partial charge < -0.3 is 0 Å². The van der Waals surface area contributed by atoms with E-state index in [0.29, 0.717) is 22.1 Å².